The highest BCUT2D eigenvalue weighted by Crippen LogP contribution is 2.30. The average Bonchev–Trinajstić information content (AvgIpc) is 2.57. The molecule has 2 rings (SSSR count). The van der Waals surface area contributed by atoms with Crippen LogP contribution in [0, 0.1) is 5.82 Å². The summed E-state index contributed by atoms with van der Waals surface area (Å²) in [7, 11) is 0. The summed E-state index contributed by atoms with van der Waals surface area (Å²) in [4.78, 5) is 0. The highest BCUT2D eigenvalue weighted by Gasteiger charge is 2.23. The molecule has 0 aliphatic carbocycles. The maximum atomic E-state index is 13.0. The predicted molar refractivity (Wildman–Crippen MR) is 66.9 cm³/mol. The monoisotopic (exact) mass is 237 g/mol. The van der Waals surface area contributed by atoms with Crippen molar-refractivity contribution in [1.82, 2.24) is 5.32 Å². The van der Waals surface area contributed by atoms with E-state index in [1.54, 1.807) is 12.1 Å². The zero-order chi connectivity index (χ0) is 12.5. The number of nitrogens with one attached hydrogen (secondary N) is 1. The van der Waals surface area contributed by atoms with Crippen molar-refractivity contribution in [3.8, 4) is 5.75 Å². The second-order valence-electron chi connectivity index (χ2n) is 5.66. The van der Waals surface area contributed by atoms with E-state index < -0.39 is 0 Å². The van der Waals surface area contributed by atoms with Crippen LogP contribution in [0.4, 0.5) is 4.39 Å². The Morgan fingerprint density at radius 2 is 2.18 bits per heavy atom. The van der Waals surface area contributed by atoms with Gasteiger partial charge in [0.25, 0.3) is 0 Å². The van der Waals surface area contributed by atoms with Crippen LogP contribution in [0.5, 0.6) is 5.75 Å². The fourth-order valence-corrected chi connectivity index (χ4v) is 2.06. The molecule has 0 fully saturated rings. The Kier molecular flexibility index (Phi) is 3.38. The lowest BCUT2D eigenvalue weighted by atomic mass is 10.1. The highest BCUT2D eigenvalue weighted by molar-refractivity contribution is 5.37. The molecule has 1 aromatic rings. The van der Waals surface area contributed by atoms with Crippen molar-refractivity contribution >= 4 is 0 Å². The summed E-state index contributed by atoms with van der Waals surface area (Å²) in [5.74, 6) is 0.660. The molecule has 94 valence electrons. The van der Waals surface area contributed by atoms with Crippen LogP contribution in [0.15, 0.2) is 18.2 Å². The van der Waals surface area contributed by atoms with Gasteiger partial charge in [-0.2, -0.15) is 0 Å². The Hall–Kier alpha value is -1.09. The quantitative estimate of drug-likeness (QED) is 0.872. The first-order valence-electron chi connectivity index (χ1n) is 6.14. The number of halogens is 1. The van der Waals surface area contributed by atoms with Crippen molar-refractivity contribution < 1.29 is 9.13 Å². The average molecular weight is 237 g/mol. The number of hydrogen-bond acceptors (Lipinski definition) is 2. The first kappa shape index (κ1) is 12.4. The molecule has 0 bridgehead atoms. The van der Waals surface area contributed by atoms with Gasteiger partial charge in [-0.05, 0) is 51.9 Å². The van der Waals surface area contributed by atoms with E-state index in [9.17, 15) is 4.39 Å². The zero-order valence-electron chi connectivity index (χ0n) is 10.7. The van der Waals surface area contributed by atoms with Crippen molar-refractivity contribution in [2.45, 2.75) is 45.3 Å². The molecule has 17 heavy (non-hydrogen) atoms. The van der Waals surface area contributed by atoms with Gasteiger partial charge in [-0.25, -0.2) is 4.39 Å². The first-order valence-corrected chi connectivity index (χ1v) is 6.14. The minimum absolute atomic E-state index is 0.136. The summed E-state index contributed by atoms with van der Waals surface area (Å²) >= 11 is 0. The van der Waals surface area contributed by atoms with Crippen LogP contribution < -0.4 is 10.1 Å². The Balaban J connectivity index is 1.84. The van der Waals surface area contributed by atoms with E-state index in [0.717, 1.165) is 30.7 Å². The molecule has 1 atom stereocenters. The van der Waals surface area contributed by atoms with Crippen LogP contribution in [-0.2, 0) is 6.42 Å². The van der Waals surface area contributed by atoms with Gasteiger partial charge in [0.15, 0.2) is 0 Å². The van der Waals surface area contributed by atoms with Crippen molar-refractivity contribution in [3.05, 3.63) is 29.6 Å². The largest absolute Gasteiger partial charge is 0.490 e. The van der Waals surface area contributed by atoms with Gasteiger partial charge < -0.3 is 10.1 Å². The lowest BCUT2D eigenvalue weighted by Crippen LogP contribution is -2.38. The van der Waals surface area contributed by atoms with Crippen molar-refractivity contribution in [2.75, 3.05) is 6.54 Å². The van der Waals surface area contributed by atoms with E-state index in [1.165, 1.54) is 6.07 Å². The van der Waals surface area contributed by atoms with E-state index in [0.29, 0.717) is 0 Å². The van der Waals surface area contributed by atoms with E-state index in [4.69, 9.17) is 4.74 Å². The molecule has 1 heterocycles. The van der Waals surface area contributed by atoms with Crippen LogP contribution in [0.3, 0.4) is 0 Å². The van der Waals surface area contributed by atoms with Gasteiger partial charge in [-0.1, -0.05) is 0 Å². The van der Waals surface area contributed by atoms with Crippen molar-refractivity contribution in [2.24, 2.45) is 0 Å². The van der Waals surface area contributed by atoms with Gasteiger partial charge in [0.05, 0.1) is 0 Å². The van der Waals surface area contributed by atoms with Crippen molar-refractivity contribution in [3.63, 3.8) is 0 Å². The molecule has 2 nitrogen and oxygen atoms in total. The minimum atomic E-state index is -0.180. The molecule has 1 aliphatic rings. The molecular weight excluding hydrogens is 217 g/mol. The summed E-state index contributed by atoms with van der Waals surface area (Å²) in [6.45, 7) is 7.36. The molecule has 1 aliphatic heterocycles. The Morgan fingerprint density at radius 3 is 2.88 bits per heavy atom. The van der Waals surface area contributed by atoms with Crippen LogP contribution in [-0.4, -0.2) is 18.2 Å². The standard InChI is InChI=1S/C14H20FNO/c1-14(2,3)16-7-6-12-9-10-8-11(15)4-5-13(10)17-12/h4-5,8,12,16H,6-7,9H2,1-3H3. The van der Waals surface area contributed by atoms with Crippen LogP contribution in [0.25, 0.3) is 0 Å². The van der Waals surface area contributed by atoms with E-state index in [-0.39, 0.29) is 17.5 Å². The number of ether oxygens (including phenoxy) is 1. The van der Waals surface area contributed by atoms with Crippen LogP contribution >= 0.6 is 0 Å². The molecule has 3 heteroatoms. The van der Waals surface area contributed by atoms with Gasteiger partial charge in [0.2, 0.25) is 0 Å². The number of benzene rings is 1. The van der Waals surface area contributed by atoms with Gasteiger partial charge in [-0.3, -0.25) is 0 Å². The number of fused-ring (bicyclic) bond motifs is 1. The van der Waals surface area contributed by atoms with Crippen molar-refractivity contribution in [1.29, 1.82) is 0 Å². The SMILES string of the molecule is CC(C)(C)NCCC1Cc2cc(F)ccc2O1. The summed E-state index contributed by atoms with van der Waals surface area (Å²) in [5.41, 5.74) is 1.13. The normalized spacial score (nSPS) is 18.9. The third-order valence-electron chi connectivity index (χ3n) is 2.89. The summed E-state index contributed by atoms with van der Waals surface area (Å²) < 4.78 is 18.8. The highest BCUT2D eigenvalue weighted by atomic mass is 19.1. The molecule has 1 aromatic carbocycles. The Bertz CT molecular complexity index is 398. The lowest BCUT2D eigenvalue weighted by Gasteiger charge is -2.21. The molecule has 0 aromatic heterocycles. The second-order valence-corrected chi connectivity index (χ2v) is 5.66. The fraction of sp³-hybridized carbons (Fsp3) is 0.571. The second kappa shape index (κ2) is 4.65. The molecular formula is C14H20FNO. The summed E-state index contributed by atoms with van der Waals surface area (Å²) in [5, 5.41) is 3.43. The van der Waals surface area contributed by atoms with Crippen LogP contribution in [0.1, 0.15) is 32.8 Å². The molecule has 0 radical (unpaired) electrons. The lowest BCUT2D eigenvalue weighted by molar-refractivity contribution is 0.215. The van der Waals surface area contributed by atoms with Gasteiger partial charge in [0.1, 0.15) is 17.7 Å². The summed E-state index contributed by atoms with van der Waals surface area (Å²) in [6, 6.07) is 4.75. The maximum Gasteiger partial charge on any atom is 0.123 e. The molecule has 1 unspecified atom stereocenters. The predicted octanol–water partition coefficient (Wildman–Crippen LogP) is 2.91. The molecule has 0 saturated carbocycles. The minimum Gasteiger partial charge on any atom is -0.490 e. The zero-order valence-corrected chi connectivity index (χ0v) is 10.7. The Morgan fingerprint density at radius 1 is 1.41 bits per heavy atom. The Labute approximate surface area is 102 Å². The van der Waals surface area contributed by atoms with E-state index in [2.05, 4.69) is 26.1 Å². The maximum absolute atomic E-state index is 13.0. The van der Waals surface area contributed by atoms with Crippen LogP contribution in [0.2, 0.25) is 0 Å². The number of hydrogen-bond donors (Lipinski definition) is 1. The fourth-order valence-electron chi connectivity index (χ4n) is 2.06. The molecule has 0 saturated heterocycles. The third kappa shape index (κ3) is 3.43. The van der Waals surface area contributed by atoms with Gasteiger partial charge in [-0.15, -0.1) is 0 Å². The number of rotatable bonds is 3. The third-order valence-corrected chi connectivity index (χ3v) is 2.89. The molecule has 0 amide bonds. The van der Waals surface area contributed by atoms with Gasteiger partial charge in [0, 0.05) is 17.5 Å². The van der Waals surface area contributed by atoms with Gasteiger partial charge >= 0.3 is 0 Å². The van der Waals surface area contributed by atoms with E-state index >= 15 is 0 Å². The molecule has 0 spiro atoms. The van der Waals surface area contributed by atoms with E-state index in [1.807, 2.05) is 0 Å². The first-order chi connectivity index (χ1) is 7.94. The summed E-state index contributed by atoms with van der Waals surface area (Å²) in [6.07, 6.45) is 1.95. The topological polar surface area (TPSA) is 21.3 Å². The smallest absolute Gasteiger partial charge is 0.123 e. The molecule has 1 N–H and O–H groups in total.